The number of aromatic nitrogens is 4. The average Bonchev–Trinajstić information content (AvgIpc) is 3.09. The van der Waals surface area contributed by atoms with Crippen molar-refractivity contribution in [2.75, 3.05) is 0 Å². The molecule has 8 heteroatoms. The highest BCUT2D eigenvalue weighted by molar-refractivity contribution is 5.76. The molecule has 0 saturated heterocycles. The Morgan fingerprint density at radius 2 is 1.85 bits per heavy atom. The second kappa shape index (κ2) is 7.61. The number of carbonyl (C=O) groups excluding carboxylic acids is 1. The number of imidazole rings is 1. The van der Waals surface area contributed by atoms with Gasteiger partial charge in [-0.1, -0.05) is 30.3 Å². The van der Waals surface area contributed by atoms with E-state index in [0.29, 0.717) is 30.6 Å². The van der Waals surface area contributed by atoms with Crippen molar-refractivity contribution in [3.05, 3.63) is 63.1 Å². The standard InChI is InChI=1S/C19H23N5O3/c1-13(14-8-5-4-6-9-14)21-15(25)10-7-11-24-12-20-17-16(24)18(26)23(3)19(27)22(17)2/h4-6,8-9,12-13H,7,10-11H2,1-3H3,(H,21,25). The molecule has 0 fully saturated rings. The van der Waals surface area contributed by atoms with E-state index in [0.717, 1.165) is 10.1 Å². The van der Waals surface area contributed by atoms with Crippen molar-refractivity contribution in [2.24, 2.45) is 14.1 Å². The Bertz CT molecular complexity index is 1080. The molecule has 2 heterocycles. The number of benzene rings is 1. The van der Waals surface area contributed by atoms with Gasteiger partial charge in [-0.15, -0.1) is 0 Å². The highest BCUT2D eigenvalue weighted by Crippen LogP contribution is 2.12. The summed E-state index contributed by atoms with van der Waals surface area (Å²) in [5, 5.41) is 2.98. The SMILES string of the molecule is CC(NC(=O)CCCn1cnc2c1c(=O)n(C)c(=O)n2C)c1ccccc1. The van der Waals surface area contributed by atoms with Crippen molar-refractivity contribution < 1.29 is 4.79 Å². The van der Waals surface area contributed by atoms with E-state index in [1.165, 1.54) is 17.9 Å². The largest absolute Gasteiger partial charge is 0.350 e. The van der Waals surface area contributed by atoms with Gasteiger partial charge in [0, 0.05) is 27.1 Å². The minimum atomic E-state index is -0.410. The molecule has 1 N–H and O–H groups in total. The van der Waals surface area contributed by atoms with Crippen LogP contribution in [0.2, 0.25) is 0 Å². The molecule has 142 valence electrons. The number of aryl methyl sites for hydroxylation is 2. The van der Waals surface area contributed by atoms with Crippen molar-refractivity contribution in [3.63, 3.8) is 0 Å². The van der Waals surface area contributed by atoms with Crippen LogP contribution in [0.25, 0.3) is 11.2 Å². The van der Waals surface area contributed by atoms with E-state index in [-0.39, 0.29) is 17.5 Å². The van der Waals surface area contributed by atoms with Crippen LogP contribution in [0.4, 0.5) is 0 Å². The lowest BCUT2D eigenvalue weighted by molar-refractivity contribution is -0.121. The third-order valence-electron chi connectivity index (χ3n) is 4.70. The average molecular weight is 369 g/mol. The summed E-state index contributed by atoms with van der Waals surface area (Å²) in [6.45, 7) is 2.41. The maximum Gasteiger partial charge on any atom is 0.332 e. The molecule has 0 saturated carbocycles. The molecule has 1 aromatic carbocycles. The van der Waals surface area contributed by atoms with Crippen LogP contribution in [-0.4, -0.2) is 24.6 Å². The fourth-order valence-corrected chi connectivity index (χ4v) is 3.12. The van der Waals surface area contributed by atoms with Crippen molar-refractivity contribution in [1.82, 2.24) is 24.0 Å². The van der Waals surface area contributed by atoms with Crippen molar-refractivity contribution >= 4 is 17.1 Å². The van der Waals surface area contributed by atoms with Crippen LogP contribution in [0.15, 0.2) is 46.2 Å². The first-order valence-corrected chi connectivity index (χ1v) is 8.85. The molecule has 0 bridgehead atoms. The van der Waals surface area contributed by atoms with E-state index >= 15 is 0 Å². The van der Waals surface area contributed by atoms with Gasteiger partial charge in [-0.2, -0.15) is 0 Å². The summed E-state index contributed by atoms with van der Waals surface area (Å²) in [6.07, 6.45) is 2.43. The van der Waals surface area contributed by atoms with Gasteiger partial charge in [0.2, 0.25) is 5.91 Å². The molecule has 0 aliphatic carbocycles. The van der Waals surface area contributed by atoms with Crippen molar-refractivity contribution in [3.8, 4) is 0 Å². The number of hydrogen-bond acceptors (Lipinski definition) is 4. The van der Waals surface area contributed by atoms with Gasteiger partial charge in [0.15, 0.2) is 11.2 Å². The van der Waals surface area contributed by atoms with Crippen LogP contribution in [0.1, 0.15) is 31.4 Å². The smallest absolute Gasteiger partial charge is 0.332 e. The first-order valence-electron chi connectivity index (χ1n) is 8.85. The molecular weight excluding hydrogens is 346 g/mol. The van der Waals surface area contributed by atoms with Gasteiger partial charge >= 0.3 is 5.69 Å². The third kappa shape index (κ3) is 3.69. The number of carbonyl (C=O) groups is 1. The third-order valence-corrected chi connectivity index (χ3v) is 4.70. The van der Waals surface area contributed by atoms with Gasteiger partial charge in [-0.25, -0.2) is 9.78 Å². The molecule has 3 rings (SSSR count). The number of hydrogen-bond donors (Lipinski definition) is 1. The predicted octanol–water partition coefficient (Wildman–Crippen LogP) is 1.09. The fraction of sp³-hybridized carbons (Fsp3) is 0.368. The van der Waals surface area contributed by atoms with Crippen LogP contribution in [0, 0.1) is 0 Å². The molecule has 3 aromatic rings. The van der Waals surface area contributed by atoms with E-state index in [2.05, 4.69) is 10.3 Å². The quantitative estimate of drug-likeness (QED) is 0.704. The molecule has 1 amide bonds. The molecule has 0 spiro atoms. The Kier molecular flexibility index (Phi) is 5.25. The van der Waals surface area contributed by atoms with E-state index in [4.69, 9.17) is 0 Å². The zero-order valence-electron chi connectivity index (χ0n) is 15.7. The lowest BCUT2D eigenvalue weighted by Gasteiger charge is -2.14. The normalized spacial score (nSPS) is 12.3. The second-order valence-corrected chi connectivity index (χ2v) is 6.62. The summed E-state index contributed by atoms with van der Waals surface area (Å²) in [6, 6.07) is 9.71. The number of nitrogens with zero attached hydrogens (tertiary/aromatic N) is 4. The molecule has 0 radical (unpaired) electrons. The minimum Gasteiger partial charge on any atom is -0.350 e. The van der Waals surface area contributed by atoms with E-state index in [1.54, 1.807) is 11.6 Å². The monoisotopic (exact) mass is 369 g/mol. The highest BCUT2D eigenvalue weighted by atomic mass is 16.2. The molecule has 0 aliphatic heterocycles. The summed E-state index contributed by atoms with van der Waals surface area (Å²) in [7, 11) is 3.03. The van der Waals surface area contributed by atoms with Crippen LogP contribution >= 0.6 is 0 Å². The fourth-order valence-electron chi connectivity index (χ4n) is 3.12. The number of amides is 1. The lowest BCUT2D eigenvalue weighted by Crippen LogP contribution is -2.37. The van der Waals surface area contributed by atoms with Crippen LogP contribution in [0.5, 0.6) is 0 Å². The predicted molar refractivity (Wildman–Crippen MR) is 102 cm³/mol. The maximum atomic E-state index is 12.4. The van der Waals surface area contributed by atoms with Crippen LogP contribution in [0.3, 0.4) is 0 Å². The topological polar surface area (TPSA) is 90.9 Å². The summed E-state index contributed by atoms with van der Waals surface area (Å²) in [4.78, 5) is 40.7. The molecule has 1 unspecified atom stereocenters. The van der Waals surface area contributed by atoms with Gasteiger partial charge in [-0.3, -0.25) is 18.7 Å². The summed E-state index contributed by atoms with van der Waals surface area (Å²) in [5.74, 6) is -0.0453. The number of rotatable bonds is 6. The zero-order valence-corrected chi connectivity index (χ0v) is 15.7. The van der Waals surface area contributed by atoms with Crippen LogP contribution in [-0.2, 0) is 25.4 Å². The van der Waals surface area contributed by atoms with E-state index < -0.39 is 5.69 Å². The number of fused-ring (bicyclic) bond motifs is 1. The van der Waals surface area contributed by atoms with E-state index in [9.17, 15) is 14.4 Å². The number of nitrogens with one attached hydrogen (secondary N) is 1. The summed E-state index contributed by atoms with van der Waals surface area (Å²) < 4.78 is 4.11. The highest BCUT2D eigenvalue weighted by Gasteiger charge is 2.14. The molecule has 8 nitrogen and oxygen atoms in total. The van der Waals surface area contributed by atoms with Gasteiger partial charge < -0.3 is 9.88 Å². The van der Waals surface area contributed by atoms with Gasteiger partial charge in [-0.05, 0) is 18.9 Å². The molecule has 27 heavy (non-hydrogen) atoms. The first kappa shape index (κ1) is 18.6. The summed E-state index contributed by atoms with van der Waals surface area (Å²) in [5.41, 5.74) is 0.985. The van der Waals surface area contributed by atoms with Gasteiger partial charge in [0.1, 0.15) is 0 Å². The maximum absolute atomic E-state index is 12.4. The lowest BCUT2D eigenvalue weighted by atomic mass is 10.1. The summed E-state index contributed by atoms with van der Waals surface area (Å²) >= 11 is 0. The van der Waals surface area contributed by atoms with E-state index in [1.807, 2.05) is 37.3 Å². The molecule has 2 aromatic heterocycles. The Morgan fingerprint density at radius 3 is 2.56 bits per heavy atom. The minimum absolute atomic E-state index is 0.0453. The van der Waals surface area contributed by atoms with Gasteiger partial charge in [0.05, 0.1) is 12.4 Å². The molecule has 0 aliphatic rings. The molecular formula is C19H23N5O3. The Labute approximate surface area is 156 Å². The molecule has 1 atom stereocenters. The Morgan fingerprint density at radius 1 is 1.15 bits per heavy atom. The first-order chi connectivity index (χ1) is 12.9. The van der Waals surface area contributed by atoms with Crippen molar-refractivity contribution in [2.45, 2.75) is 32.4 Å². The second-order valence-electron chi connectivity index (χ2n) is 6.62. The van der Waals surface area contributed by atoms with Crippen LogP contribution < -0.4 is 16.6 Å². The Hall–Kier alpha value is -3.16. The van der Waals surface area contributed by atoms with Gasteiger partial charge in [0.25, 0.3) is 5.56 Å². The zero-order chi connectivity index (χ0) is 19.6. The Balaban J connectivity index is 1.65. The van der Waals surface area contributed by atoms with Crippen molar-refractivity contribution in [1.29, 1.82) is 0 Å².